The molecule has 18 heavy (non-hydrogen) atoms. The second-order valence-corrected chi connectivity index (χ2v) is 4.50. The molecule has 0 spiro atoms. The smallest absolute Gasteiger partial charge is 0.258 e. The number of rotatable bonds is 3. The van der Waals surface area contributed by atoms with Crippen LogP contribution in [0.3, 0.4) is 0 Å². The van der Waals surface area contributed by atoms with Crippen molar-refractivity contribution < 1.29 is 4.92 Å². The zero-order chi connectivity index (χ0) is 13.0. The third kappa shape index (κ3) is 3.24. The van der Waals surface area contributed by atoms with Gasteiger partial charge in [-0.3, -0.25) is 15.1 Å². The monoisotopic (exact) mass is 304 g/mol. The van der Waals surface area contributed by atoms with Crippen molar-refractivity contribution in [3.8, 4) is 0 Å². The van der Waals surface area contributed by atoms with Gasteiger partial charge in [-0.15, -0.1) is 0 Å². The molecule has 4 nitrogen and oxygen atoms in total. The molecule has 0 saturated carbocycles. The van der Waals surface area contributed by atoms with Crippen LogP contribution in [0.25, 0.3) is 0 Å². The van der Waals surface area contributed by atoms with Gasteiger partial charge in [0.25, 0.3) is 5.69 Å². The molecule has 0 amide bonds. The summed E-state index contributed by atoms with van der Waals surface area (Å²) in [5.74, 6) is 0. The Kier molecular flexibility index (Phi) is 3.84. The van der Waals surface area contributed by atoms with Crippen LogP contribution in [-0.4, -0.2) is 11.1 Å². The van der Waals surface area contributed by atoms with Crippen LogP contribution in [-0.2, 0) is 0 Å². The molecule has 0 aliphatic carbocycles. The van der Waals surface area contributed by atoms with Gasteiger partial charge in [0.15, 0.2) is 0 Å². The molecule has 2 aromatic rings. The molecule has 5 heteroatoms. The van der Waals surface area contributed by atoms with E-state index in [1.165, 1.54) is 12.1 Å². The third-order valence-corrected chi connectivity index (χ3v) is 2.77. The highest BCUT2D eigenvalue weighted by Gasteiger charge is 2.02. The van der Waals surface area contributed by atoms with Crippen molar-refractivity contribution in [2.45, 2.75) is 0 Å². The molecule has 90 valence electrons. The fraction of sp³-hybridized carbons (Fsp3) is 0. The molecule has 0 fully saturated rings. The van der Waals surface area contributed by atoms with Crippen LogP contribution in [0, 0.1) is 10.1 Å². The topological polar surface area (TPSA) is 55.5 Å². The number of benzene rings is 2. The molecule has 0 heterocycles. The van der Waals surface area contributed by atoms with Gasteiger partial charge >= 0.3 is 0 Å². The minimum atomic E-state index is -0.421. The summed E-state index contributed by atoms with van der Waals surface area (Å²) in [4.78, 5) is 14.4. The fourth-order valence-electron chi connectivity index (χ4n) is 1.39. The van der Waals surface area contributed by atoms with E-state index in [-0.39, 0.29) is 5.69 Å². The van der Waals surface area contributed by atoms with Gasteiger partial charge in [0.2, 0.25) is 0 Å². The Labute approximate surface area is 112 Å². The van der Waals surface area contributed by atoms with Crippen molar-refractivity contribution in [2.75, 3.05) is 0 Å². The molecule has 0 N–H and O–H groups in total. The number of halogens is 1. The first-order valence-electron chi connectivity index (χ1n) is 5.19. The lowest BCUT2D eigenvalue weighted by molar-refractivity contribution is -0.384. The lowest BCUT2D eigenvalue weighted by Gasteiger charge is -1.95. The maximum absolute atomic E-state index is 10.5. The maximum atomic E-state index is 10.5. The van der Waals surface area contributed by atoms with Gasteiger partial charge in [0, 0.05) is 22.8 Å². The van der Waals surface area contributed by atoms with Crippen molar-refractivity contribution in [3.63, 3.8) is 0 Å². The molecule has 0 aliphatic rings. The van der Waals surface area contributed by atoms with E-state index in [1.807, 2.05) is 24.3 Å². The Morgan fingerprint density at radius 2 is 1.89 bits per heavy atom. The Morgan fingerprint density at radius 1 is 1.17 bits per heavy atom. The minimum Gasteiger partial charge on any atom is -0.258 e. The van der Waals surface area contributed by atoms with Crippen LogP contribution in [0.1, 0.15) is 5.56 Å². The molecule has 0 aliphatic heterocycles. The Balaban J connectivity index is 2.16. The molecule has 0 radical (unpaired) electrons. The quantitative estimate of drug-likeness (QED) is 0.487. The molecular weight excluding hydrogens is 296 g/mol. The van der Waals surface area contributed by atoms with Gasteiger partial charge in [-0.25, -0.2) is 0 Å². The molecule has 0 unspecified atom stereocenters. The first-order valence-corrected chi connectivity index (χ1v) is 5.98. The summed E-state index contributed by atoms with van der Waals surface area (Å²) >= 11 is 3.36. The SMILES string of the molecule is O=[N+]([O-])c1ccc(C=Nc2cccc(Br)c2)cc1. The van der Waals surface area contributed by atoms with Gasteiger partial charge in [-0.05, 0) is 35.9 Å². The predicted molar refractivity (Wildman–Crippen MR) is 74.5 cm³/mol. The zero-order valence-corrected chi connectivity index (χ0v) is 10.9. The highest BCUT2D eigenvalue weighted by molar-refractivity contribution is 9.10. The molecule has 0 saturated heterocycles. The normalized spacial score (nSPS) is 10.7. The highest BCUT2D eigenvalue weighted by Crippen LogP contribution is 2.18. The molecular formula is C13H9BrN2O2. The molecule has 0 aromatic heterocycles. The van der Waals surface area contributed by atoms with Crippen molar-refractivity contribution in [2.24, 2.45) is 4.99 Å². The number of non-ortho nitro benzene ring substituents is 1. The maximum Gasteiger partial charge on any atom is 0.269 e. The molecule has 2 aromatic carbocycles. The summed E-state index contributed by atoms with van der Waals surface area (Å²) in [6, 6.07) is 13.8. The van der Waals surface area contributed by atoms with E-state index in [1.54, 1.807) is 18.3 Å². The summed E-state index contributed by atoms with van der Waals surface area (Å²) in [5, 5.41) is 10.5. The Bertz CT molecular complexity index is 594. The number of hydrogen-bond acceptors (Lipinski definition) is 3. The van der Waals surface area contributed by atoms with Crippen LogP contribution in [0.15, 0.2) is 58.0 Å². The average Bonchev–Trinajstić information content (AvgIpc) is 2.37. The van der Waals surface area contributed by atoms with E-state index in [4.69, 9.17) is 0 Å². The summed E-state index contributed by atoms with van der Waals surface area (Å²) in [6.45, 7) is 0. The van der Waals surface area contributed by atoms with Crippen molar-refractivity contribution in [3.05, 3.63) is 68.7 Å². The third-order valence-electron chi connectivity index (χ3n) is 2.27. The zero-order valence-electron chi connectivity index (χ0n) is 9.29. The van der Waals surface area contributed by atoms with Gasteiger partial charge in [0.05, 0.1) is 10.6 Å². The van der Waals surface area contributed by atoms with Crippen LogP contribution in [0.2, 0.25) is 0 Å². The second-order valence-electron chi connectivity index (χ2n) is 3.59. The number of aliphatic imine (C=N–C) groups is 1. The van der Waals surface area contributed by atoms with E-state index in [0.29, 0.717) is 0 Å². The Morgan fingerprint density at radius 3 is 2.50 bits per heavy atom. The van der Waals surface area contributed by atoms with Crippen LogP contribution in [0.5, 0.6) is 0 Å². The minimum absolute atomic E-state index is 0.0783. The summed E-state index contributed by atoms with van der Waals surface area (Å²) in [7, 11) is 0. The molecule has 2 rings (SSSR count). The molecule has 0 bridgehead atoms. The highest BCUT2D eigenvalue weighted by atomic mass is 79.9. The largest absolute Gasteiger partial charge is 0.269 e. The van der Waals surface area contributed by atoms with Crippen molar-refractivity contribution >= 4 is 33.5 Å². The second kappa shape index (κ2) is 5.55. The van der Waals surface area contributed by atoms with E-state index in [9.17, 15) is 10.1 Å². The fourth-order valence-corrected chi connectivity index (χ4v) is 1.77. The van der Waals surface area contributed by atoms with E-state index < -0.39 is 4.92 Å². The number of hydrogen-bond donors (Lipinski definition) is 0. The standard InChI is InChI=1S/C13H9BrN2O2/c14-11-2-1-3-12(8-11)15-9-10-4-6-13(7-5-10)16(17)18/h1-9H. The van der Waals surface area contributed by atoms with Crippen LogP contribution < -0.4 is 0 Å². The molecule has 0 atom stereocenters. The lowest BCUT2D eigenvalue weighted by atomic mass is 10.2. The Hall–Kier alpha value is -2.01. The van der Waals surface area contributed by atoms with Crippen molar-refractivity contribution in [1.29, 1.82) is 0 Å². The van der Waals surface area contributed by atoms with Crippen LogP contribution in [0.4, 0.5) is 11.4 Å². The number of nitro benzene ring substituents is 1. The predicted octanol–water partition coefficient (Wildman–Crippen LogP) is 4.11. The summed E-state index contributed by atoms with van der Waals surface area (Å²) in [5.41, 5.74) is 1.72. The van der Waals surface area contributed by atoms with Gasteiger partial charge in [0.1, 0.15) is 0 Å². The first-order chi connectivity index (χ1) is 8.65. The van der Waals surface area contributed by atoms with Gasteiger partial charge in [-0.2, -0.15) is 0 Å². The van der Waals surface area contributed by atoms with E-state index in [0.717, 1.165) is 15.7 Å². The summed E-state index contributed by atoms with van der Waals surface area (Å²) in [6.07, 6.45) is 1.67. The van der Waals surface area contributed by atoms with Gasteiger partial charge in [-0.1, -0.05) is 22.0 Å². The number of nitrogens with zero attached hydrogens (tertiary/aromatic N) is 2. The van der Waals surface area contributed by atoms with Gasteiger partial charge < -0.3 is 0 Å². The number of nitro groups is 1. The lowest BCUT2D eigenvalue weighted by Crippen LogP contribution is -1.88. The first kappa shape index (κ1) is 12.4. The average molecular weight is 305 g/mol. The van der Waals surface area contributed by atoms with Crippen molar-refractivity contribution in [1.82, 2.24) is 0 Å². The summed E-state index contributed by atoms with van der Waals surface area (Å²) < 4.78 is 0.959. The van der Waals surface area contributed by atoms with E-state index >= 15 is 0 Å². The van der Waals surface area contributed by atoms with E-state index in [2.05, 4.69) is 20.9 Å². The van der Waals surface area contributed by atoms with Crippen LogP contribution >= 0.6 is 15.9 Å².